The average Bonchev–Trinajstić information content (AvgIpc) is 2.10. The number of nitrogens with one attached hydrogen (secondary N) is 1. The van der Waals surface area contributed by atoms with Crippen molar-refractivity contribution < 1.29 is 0 Å². The largest absolute Gasteiger partial charge is 0.319 e. The summed E-state index contributed by atoms with van der Waals surface area (Å²) in [5, 5.41) is 3.30. The highest BCUT2D eigenvalue weighted by atomic mass is 15.2. The van der Waals surface area contributed by atoms with Crippen molar-refractivity contribution in [1.29, 1.82) is 0 Å². The van der Waals surface area contributed by atoms with Gasteiger partial charge in [-0.05, 0) is 53.1 Å². The summed E-state index contributed by atoms with van der Waals surface area (Å²) in [5.74, 6) is 0.828. The minimum atomic E-state index is 0.255. The van der Waals surface area contributed by atoms with Crippen LogP contribution in [0.3, 0.4) is 0 Å². The van der Waals surface area contributed by atoms with Gasteiger partial charge in [0.2, 0.25) is 0 Å². The second kappa shape index (κ2) is 5.13. The van der Waals surface area contributed by atoms with Crippen molar-refractivity contribution in [2.45, 2.75) is 45.2 Å². The molecule has 2 atom stereocenters. The zero-order chi connectivity index (χ0) is 11.5. The Labute approximate surface area is 94.7 Å². The summed E-state index contributed by atoms with van der Waals surface area (Å²) in [7, 11) is 2.05. The molecule has 1 aliphatic rings. The zero-order valence-electron chi connectivity index (χ0n) is 10.7. The number of hydrogen-bond acceptors (Lipinski definition) is 2. The molecule has 88 valence electrons. The van der Waals surface area contributed by atoms with Gasteiger partial charge in [-0.1, -0.05) is 6.08 Å². The molecule has 0 spiro atoms. The zero-order valence-corrected chi connectivity index (χ0v) is 10.7. The van der Waals surface area contributed by atoms with E-state index in [1.54, 1.807) is 0 Å². The van der Waals surface area contributed by atoms with Gasteiger partial charge >= 0.3 is 0 Å². The van der Waals surface area contributed by atoms with E-state index in [9.17, 15) is 0 Å². The van der Waals surface area contributed by atoms with Crippen molar-refractivity contribution in [3.05, 3.63) is 12.7 Å². The summed E-state index contributed by atoms with van der Waals surface area (Å²) in [6.45, 7) is 12.9. The van der Waals surface area contributed by atoms with E-state index in [4.69, 9.17) is 0 Å². The Morgan fingerprint density at radius 2 is 2.07 bits per heavy atom. The van der Waals surface area contributed by atoms with E-state index in [0.717, 1.165) is 25.0 Å². The van der Waals surface area contributed by atoms with E-state index in [1.165, 1.54) is 12.8 Å². The maximum Gasteiger partial charge on any atom is 0.0168 e. The van der Waals surface area contributed by atoms with E-state index in [2.05, 4.69) is 37.6 Å². The SMILES string of the molecule is C=CCN(C1CCC1CNC)C(C)(C)C. The van der Waals surface area contributed by atoms with Gasteiger partial charge in [-0.15, -0.1) is 6.58 Å². The van der Waals surface area contributed by atoms with E-state index in [0.29, 0.717) is 0 Å². The van der Waals surface area contributed by atoms with E-state index in [-0.39, 0.29) is 5.54 Å². The first kappa shape index (κ1) is 12.7. The van der Waals surface area contributed by atoms with Crippen LogP contribution < -0.4 is 5.32 Å². The van der Waals surface area contributed by atoms with Crippen molar-refractivity contribution in [3.8, 4) is 0 Å². The predicted molar refractivity (Wildman–Crippen MR) is 67.1 cm³/mol. The fraction of sp³-hybridized carbons (Fsp3) is 0.846. The molecular weight excluding hydrogens is 184 g/mol. The highest BCUT2D eigenvalue weighted by Gasteiger charge is 2.38. The van der Waals surface area contributed by atoms with Gasteiger partial charge in [0.05, 0.1) is 0 Å². The number of nitrogens with zero attached hydrogens (tertiary/aromatic N) is 1. The van der Waals surface area contributed by atoms with Crippen LogP contribution in [-0.4, -0.2) is 36.6 Å². The highest BCUT2D eigenvalue weighted by Crippen LogP contribution is 2.35. The third-order valence-corrected chi connectivity index (χ3v) is 3.43. The molecule has 0 amide bonds. The highest BCUT2D eigenvalue weighted by molar-refractivity contribution is 4.96. The maximum atomic E-state index is 3.87. The third-order valence-electron chi connectivity index (χ3n) is 3.43. The first-order chi connectivity index (χ1) is 7.00. The van der Waals surface area contributed by atoms with Crippen LogP contribution in [0.5, 0.6) is 0 Å². The van der Waals surface area contributed by atoms with Crippen molar-refractivity contribution in [3.63, 3.8) is 0 Å². The van der Waals surface area contributed by atoms with Gasteiger partial charge in [0.1, 0.15) is 0 Å². The topological polar surface area (TPSA) is 15.3 Å². The van der Waals surface area contributed by atoms with E-state index < -0.39 is 0 Å². The van der Waals surface area contributed by atoms with Gasteiger partial charge in [0.15, 0.2) is 0 Å². The molecule has 0 aromatic carbocycles. The third kappa shape index (κ3) is 3.05. The molecule has 0 aliphatic heterocycles. The van der Waals surface area contributed by atoms with Crippen LogP contribution in [0, 0.1) is 5.92 Å². The fourth-order valence-corrected chi connectivity index (χ4v) is 2.51. The van der Waals surface area contributed by atoms with Crippen molar-refractivity contribution in [2.24, 2.45) is 5.92 Å². The molecule has 1 fully saturated rings. The molecule has 2 heteroatoms. The Kier molecular flexibility index (Phi) is 4.35. The van der Waals surface area contributed by atoms with Crippen LogP contribution in [0.15, 0.2) is 12.7 Å². The molecule has 0 heterocycles. The predicted octanol–water partition coefficient (Wildman–Crippen LogP) is 2.27. The molecule has 2 nitrogen and oxygen atoms in total. The minimum Gasteiger partial charge on any atom is -0.319 e. The van der Waals surface area contributed by atoms with Crippen molar-refractivity contribution >= 4 is 0 Å². The Balaban J connectivity index is 2.60. The monoisotopic (exact) mass is 210 g/mol. The Morgan fingerprint density at radius 3 is 2.40 bits per heavy atom. The number of rotatable bonds is 5. The molecule has 1 aliphatic carbocycles. The van der Waals surface area contributed by atoms with Crippen molar-refractivity contribution in [1.82, 2.24) is 10.2 Å². The van der Waals surface area contributed by atoms with Gasteiger partial charge in [0, 0.05) is 18.1 Å². The lowest BCUT2D eigenvalue weighted by Gasteiger charge is -2.50. The molecule has 0 bridgehead atoms. The second-order valence-electron chi connectivity index (χ2n) is 5.57. The Bertz CT molecular complexity index is 205. The van der Waals surface area contributed by atoms with Crippen LogP contribution in [0.25, 0.3) is 0 Å². The normalized spacial score (nSPS) is 26.5. The lowest BCUT2D eigenvalue weighted by molar-refractivity contribution is 0.00695. The fourth-order valence-electron chi connectivity index (χ4n) is 2.51. The quantitative estimate of drug-likeness (QED) is 0.700. The Morgan fingerprint density at radius 1 is 1.40 bits per heavy atom. The summed E-state index contributed by atoms with van der Waals surface area (Å²) < 4.78 is 0. The molecule has 0 saturated heterocycles. The molecule has 0 aromatic heterocycles. The molecular formula is C13H26N2. The summed E-state index contributed by atoms with van der Waals surface area (Å²) in [6.07, 6.45) is 4.74. The van der Waals surface area contributed by atoms with Gasteiger partial charge < -0.3 is 5.32 Å². The Hall–Kier alpha value is -0.340. The smallest absolute Gasteiger partial charge is 0.0168 e. The first-order valence-corrected chi connectivity index (χ1v) is 6.03. The summed E-state index contributed by atoms with van der Waals surface area (Å²) in [5.41, 5.74) is 0.255. The summed E-state index contributed by atoms with van der Waals surface area (Å²) in [4.78, 5) is 2.59. The van der Waals surface area contributed by atoms with Crippen LogP contribution in [0.2, 0.25) is 0 Å². The molecule has 0 radical (unpaired) electrons. The van der Waals surface area contributed by atoms with Crippen molar-refractivity contribution in [2.75, 3.05) is 20.1 Å². The van der Waals surface area contributed by atoms with Gasteiger partial charge in [-0.25, -0.2) is 0 Å². The van der Waals surface area contributed by atoms with Crippen LogP contribution in [0.1, 0.15) is 33.6 Å². The second-order valence-corrected chi connectivity index (χ2v) is 5.57. The molecule has 2 unspecified atom stereocenters. The van der Waals surface area contributed by atoms with Crippen LogP contribution in [0.4, 0.5) is 0 Å². The van der Waals surface area contributed by atoms with Crippen LogP contribution >= 0.6 is 0 Å². The van der Waals surface area contributed by atoms with Gasteiger partial charge in [0.25, 0.3) is 0 Å². The summed E-state index contributed by atoms with van der Waals surface area (Å²) >= 11 is 0. The van der Waals surface area contributed by atoms with E-state index in [1.807, 2.05) is 13.1 Å². The lowest BCUT2D eigenvalue weighted by Crippen LogP contribution is -2.56. The standard InChI is InChI=1S/C13H26N2/c1-6-9-15(13(2,3)4)12-8-7-11(12)10-14-5/h6,11-12,14H,1,7-10H2,2-5H3. The first-order valence-electron chi connectivity index (χ1n) is 6.03. The number of hydrogen-bond donors (Lipinski definition) is 1. The van der Waals surface area contributed by atoms with E-state index >= 15 is 0 Å². The maximum absolute atomic E-state index is 3.87. The van der Waals surface area contributed by atoms with Gasteiger partial charge in [-0.3, -0.25) is 4.90 Å². The van der Waals surface area contributed by atoms with Crippen LogP contribution in [-0.2, 0) is 0 Å². The van der Waals surface area contributed by atoms with Gasteiger partial charge in [-0.2, -0.15) is 0 Å². The molecule has 1 saturated carbocycles. The lowest BCUT2D eigenvalue weighted by atomic mass is 9.76. The average molecular weight is 210 g/mol. The molecule has 0 aromatic rings. The minimum absolute atomic E-state index is 0.255. The molecule has 1 N–H and O–H groups in total. The summed E-state index contributed by atoms with van der Waals surface area (Å²) in [6, 6.07) is 0.746. The molecule has 1 rings (SSSR count). The molecule has 15 heavy (non-hydrogen) atoms.